The third kappa shape index (κ3) is 3.63. The molecule has 0 unspecified atom stereocenters. The topological polar surface area (TPSA) is 55.9 Å². The second kappa shape index (κ2) is 7.63. The van der Waals surface area contributed by atoms with Crippen molar-refractivity contribution in [2.75, 3.05) is 40.8 Å². The van der Waals surface area contributed by atoms with Crippen molar-refractivity contribution in [3.05, 3.63) is 35.9 Å². The predicted octanol–water partition coefficient (Wildman–Crippen LogP) is 2.65. The summed E-state index contributed by atoms with van der Waals surface area (Å²) in [6, 6.07) is 10.8. The molecule has 6 heteroatoms. The normalized spacial score (nSPS) is 29.7. The molecule has 4 rings (SSSR count). The third-order valence-corrected chi connectivity index (χ3v) is 7.49. The Labute approximate surface area is 174 Å². The van der Waals surface area contributed by atoms with Crippen LogP contribution in [0, 0.1) is 5.92 Å². The molecule has 1 N–H and O–H groups in total. The summed E-state index contributed by atoms with van der Waals surface area (Å²) in [4.78, 5) is 31.5. The number of benzene rings is 1. The molecular weight excluding hydrogens is 364 g/mol. The number of nitrogens with zero attached hydrogens (tertiary/aromatic N) is 3. The quantitative estimate of drug-likeness (QED) is 0.802. The highest BCUT2D eigenvalue weighted by Gasteiger charge is 2.55. The van der Waals surface area contributed by atoms with Gasteiger partial charge in [0.2, 0.25) is 5.91 Å². The fourth-order valence-corrected chi connectivity index (χ4v) is 5.39. The first-order chi connectivity index (χ1) is 13.9. The number of nitrogens with one attached hydrogen (secondary N) is 1. The van der Waals surface area contributed by atoms with E-state index in [1.807, 2.05) is 0 Å². The zero-order valence-electron chi connectivity index (χ0n) is 18.0. The third-order valence-electron chi connectivity index (χ3n) is 7.49. The first-order valence-electron chi connectivity index (χ1n) is 10.9. The fraction of sp³-hybridized carbons (Fsp3) is 0.652. The summed E-state index contributed by atoms with van der Waals surface area (Å²) in [6.45, 7) is 1.68. The van der Waals surface area contributed by atoms with Gasteiger partial charge in [0, 0.05) is 25.7 Å². The van der Waals surface area contributed by atoms with Crippen LogP contribution in [0.1, 0.15) is 44.1 Å². The van der Waals surface area contributed by atoms with Crippen LogP contribution in [0.15, 0.2) is 30.3 Å². The van der Waals surface area contributed by atoms with Crippen LogP contribution >= 0.6 is 0 Å². The molecule has 1 heterocycles. The van der Waals surface area contributed by atoms with Gasteiger partial charge in [0.15, 0.2) is 0 Å². The van der Waals surface area contributed by atoms with Gasteiger partial charge in [-0.05, 0) is 64.1 Å². The van der Waals surface area contributed by atoms with E-state index >= 15 is 0 Å². The van der Waals surface area contributed by atoms with Crippen molar-refractivity contribution in [1.29, 1.82) is 0 Å². The highest BCUT2D eigenvalue weighted by Crippen LogP contribution is 2.49. The van der Waals surface area contributed by atoms with Crippen molar-refractivity contribution in [1.82, 2.24) is 20.0 Å². The second-order valence-corrected chi connectivity index (χ2v) is 9.38. The van der Waals surface area contributed by atoms with Crippen LogP contribution in [-0.2, 0) is 10.3 Å². The van der Waals surface area contributed by atoms with Crippen LogP contribution < -0.4 is 5.32 Å². The van der Waals surface area contributed by atoms with Gasteiger partial charge in [-0.1, -0.05) is 30.3 Å². The van der Waals surface area contributed by atoms with Crippen molar-refractivity contribution in [3.8, 4) is 0 Å². The molecule has 0 radical (unpaired) electrons. The number of carbonyl (C=O) groups is 2. The number of rotatable bonds is 6. The molecule has 1 spiro atoms. The molecular formula is C23H34N4O2. The highest BCUT2D eigenvalue weighted by atomic mass is 16.2. The standard InChI is InChI=1S/C23H34N4O2/c1-24-20(28)16-26-17-22(27(21(26)29)15-18-9-10-18)11-13-23(14-12-22,25(2)3)19-7-5-4-6-8-19/h4-8,18H,9-17H2,1-3H3,(H,24,28)/t22-,23+. The van der Waals surface area contributed by atoms with Gasteiger partial charge >= 0.3 is 6.03 Å². The molecule has 1 aromatic rings. The molecule has 3 aliphatic rings. The van der Waals surface area contributed by atoms with Gasteiger partial charge < -0.3 is 15.1 Å². The van der Waals surface area contributed by atoms with Crippen LogP contribution in [0.25, 0.3) is 0 Å². The number of hydrogen-bond acceptors (Lipinski definition) is 3. The minimum absolute atomic E-state index is 0.00895. The van der Waals surface area contributed by atoms with E-state index in [9.17, 15) is 9.59 Å². The second-order valence-electron chi connectivity index (χ2n) is 9.38. The van der Waals surface area contributed by atoms with Crippen molar-refractivity contribution < 1.29 is 9.59 Å². The van der Waals surface area contributed by atoms with Gasteiger partial charge in [0.05, 0.1) is 5.54 Å². The highest BCUT2D eigenvalue weighted by molar-refractivity contribution is 5.85. The Bertz CT molecular complexity index is 751. The van der Waals surface area contributed by atoms with Crippen molar-refractivity contribution >= 4 is 11.9 Å². The zero-order valence-corrected chi connectivity index (χ0v) is 18.0. The predicted molar refractivity (Wildman–Crippen MR) is 113 cm³/mol. The van der Waals surface area contributed by atoms with Crippen molar-refractivity contribution in [2.45, 2.75) is 49.6 Å². The van der Waals surface area contributed by atoms with E-state index < -0.39 is 0 Å². The SMILES string of the molecule is CNC(=O)CN1C[C@]2(CC[C@](c3ccccc3)(N(C)C)CC2)N(CC2CC2)C1=O. The maximum Gasteiger partial charge on any atom is 0.321 e. The molecule has 1 saturated heterocycles. The lowest BCUT2D eigenvalue weighted by Crippen LogP contribution is -2.55. The summed E-state index contributed by atoms with van der Waals surface area (Å²) in [5.74, 6) is 0.551. The molecule has 158 valence electrons. The average Bonchev–Trinajstić information content (AvgIpc) is 3.52. The van der Waals surface area contributed by atoms with Crippen molar-refractivity contribution in [3.63, 3.8) is 0 Å². The van der Waals surface area contributed by atoms with Gasteiger partial charge in [0.25, 0.3) is 0 Å². The molecule has 0 bridgehead atoms. The Morgan fingerprint density at radius 2 is 1.79 bits per heavy atom. The lowest BCUT2D eigenvalue weighted by atomic mass is 9.68. The van der Waals surface area contributed by atoms with Gasteiger partial charge in [-0.25, -0.2) is 4.79 Å². The molecule has 0 atom stereocenters. The Kier molecular flexibility index (Phi) is 5.32. The van der Waals surface area contributed by atoms with E-state index in [2.05, 4.69) is 59.5 Å². The molecule has 1 aliphatic heterocycles. The van der Waals surface area contributed by atoms with Crippen LogP contribution in [0.3, 0.4) is 0 Å². The number of likely N-dealkylation sites (N-methyl/N-ethyl adjacent to an activating group) is 1. The molecule has 1 aromatic carbocycles. The van der Waals surface area contributed by atoms with Crippen molar-refractivity contribution in [2.24, 2.45) is 5.92 Å². The smallest absolute Gasteiger partial charge is 0.321 e. The lowest BCUT2D eigenvalue weighted by Gasteiger charge is -2.51. The Morgan fingerprint density at radius 1 is 1.14 bits per heavy atom. The zero-order chi connectivity index (χ0) is 20.6. The Hall–Kier alpha value is -2.08. The van der Waals surface area contributed by atoms with Gasteiger partial charge in [0.1, 0.15) is 6.54 Å². The van der Waals surface area contributed by atoms with E-state index in [0.29, 0.717) is 12.5 Å². The van der Waals surface area contributed by atoms with Gasteiger partial charge in [-0.2, -0.15) is 0 Å². The van der Waals surface area contributed by atoms with E-state index in [1.165, 1.54) is 18.4 Å². The number of carbonyl (C=O) groups excluding carboxylic acids is 2. The molecule has 3 amide bonds. The van der Waals surface area contributed by atoms with Crippen LogP contribution in [0.5, 0.6) is 0 Å². The summed E-state index contributed by atoms with van der Waals surface area (Å²) in [7, 11) is 5.97. The van der Waals surface area contributed by atoms with Gasteiger partial charge in [-0.3, -0.25) is 9.69 Å². The molecule has 2 aliphatic carbocycles. The Morgan fingerprint density at radius 3 is 2.34 bits per heavy atom. The maximum absolute atomic E-state index is 13.2. The van der Waals surface area contributed by atoms with Crippen LogP contribution in [-0.4, -0.2) is 73.0 Å². The lowest BCUT2D eigenvalue weighted by molar-refractivity contribution is -0.121. The minimum Gasteiger partial charge on any atom is -0.358 e. The minimum atomic E-state index is -0.137. The monoisotopic (exact) mass is 398 g/mol. The average molecular weight is 399 g/mol. The van der Waals surface area contributed by atoms with E-state index in [1.54, 1.807) is 11.9 Å². The van der Waals surface area contributed by atoms with Crippen LogP contribution in [0.4, 0.5) is 4.79 Å². The largest absolute Gasteiger partial charge is 0.358 e. The first kappa shape index (κ1) is 20.2. The summed E-state index contributed by atoms with van der Waals surface area (Å²) < 4.78 is 0. The summed E-state index contributed by atoms with van der Waals surface area (Å²) in [5.41, 5.74) is 1.23. The first-order valence-corrected chi connectivity index (χ1v) is 10.9. The molecule has 29 heavy (non-hydrogen) atoms. The van der Waals surface area contributed by atoms with Crippen LogP contribution in [0.2, 0.25) is 0 Å². The Balaban J connectivity index is 1.58. The maximum atomic E-state index is 13.2. The summed E-state index contributed by atoms with van der Waals surface area (Å²) in [5, 5.41) is 2.66. The summed E-state index contributed by atoms with van der Waals surface area (Å²) >= 11 is 0. The van der Waals surface area contributed by atoms with E-state index in [-0.39, 0.29) is 29.6 Å². The number of amides is 3. The fourth-order valence-electron chi connectivity index (χ4n) is 5.39. The molecule has 2 saturated carbocycles. The van der Waals surface area contributed by atoms with E-state index in [4.69, 9.17) is 0 Å². The summed E-state index contributed by atoms with van der Waals surface area (Å²) in [6.07, 6.45) is 6.44. The van der Waals surface area contributed by atoms with E-state index in [0.717, 1.165) is 32.2 Å². The number of hydrogen-bond donors (Lipinski definition) is 1. The molecule has 6 nitrogen and oxygen atoms in total. The number of urea groups is 1. The van der Waals surface area contributed by atoms with Gasteiger partial charge in [-0.15, -0.1) is 0 Å². The molecule has 3 fully saturated rings. The molecule has 0 aromatic heterocycles.